The van der Waals surface area contributed by atoms with Gasteiger partial charge in [0.2, 0.25) is 5.78 Å². The van der Waals surface area contributed by atoms with E-state index in [1.807, 2.05) is 0 Å². The molecule has 0 aliphatic heterocycles. The number of aliphatic imine (C=N–C) groups is 1. The van der Waals surface area contributed by atoms with Gasteiger partial charge in [0.05, 0.1) is 12.1 Å². The zero-order valence-electron chi connectivity index (χ0n) is 13.9. The first-order valence-electron chi connectivity index (χ1n) is 7.35. The molecule has 9 heteroatoms. The van der Waals surface area contributed by atoms with E-state index in [2.05, 4.69) is 10.3 Å². The van der Waals surface area contributed by atoms with Crippen molar-refractivity contribution in [2.24, 2.45) is 16.5 Å². The molecule has 0 heterocycles. The van der Waals surface area contributed by atoms with Gasteiger partial charge in [0.15, 0.2) is 6.61 Å². The lowest BCUT2D eigenvalue weighted by molar-refractivity contribution is -0.137. The number of benzene rings is 1. The second-order valence-corrected chi connectivity index (χ2v) is 5.02. The van der Waals surface area contributed by atoms with Crippen LogP contribution >= 0.6 is 0 Å². The Morgan fingerprint density at radius 1 is 1.24 bits per heavy atom. The molecule has 0 aliphatic carbocycles. The van der Waals surface area contributed by atoms with Gasteiger partial charge in [-0.05, 0) is 26.1 Å². The van der Waals surface area contributed by atoms with Crippen molar-refractivity contribution in [2.75, 3.05) is 26.7 Å². The number of nitrogens with one attached hydrogen (secondary N) is 1. The number of esters is 1. The van der Waals surface area contributed by atoms with Gasteiger partial charge >= 0.3 is 5.97 Å². The van der Waals surface area contributed by atoms with E-state index in [0.29, 0.717) is 13.1 Å². The maximum atomic E-state index is 13.5. The van der Waals surface area contributed by atoms with Crippen molar-refractivity contribution in [1.82, 2.24) is 5.32 Å². The van der Waals surface area contributed by atoms with Gasteiger partial charge in [0, 0.05) is 12.2 Å². The van der Waals surface area contributed by atoms with Crippen LogP contribution in [0.4, 0.5) is 8.78 Å². The van der Waals surface area contributed by atoms with E-state index in [0.717, 1.165) is 18.2 Å². The highest BCUT2D eigenvalue weighted by molar-refractivity contribution is 6.19. The minimum Gasteiger partial charge on any atom is -0.454 e. The molecule has 0 amide bonds. The van der Waals surface area contributed by atoms with Crippen LogP contribution < -0.4 is 16.8 Å². The standard InChI is InChI=1S/C16H20F2N4O3/c1-9(19)13(15(20)22-7-6-21-2)16(24)25-8-12(23)14-10(17)4-3-5-11(14)18/h3-5,21H,6-8,19H2,1-2H3,(H2,20,22). The van der Waals surface area contributed by atoms with Gasteiger partial charge in [-0.2, -0.15) is 0 Å². The lowest BCUT2D eigenvalue weighted by atomic mass is 10.1. The molecule has 0 spiro atoms. The number of carbonyl (C=O) groups excluding carboxylic acids is 2. The Balaban J connectivity index is 2.84. The van der Waals surface area contributed by atoms with Crippen molar-refractivity contribution in [1.29, 1.82) is 0 Å². The Bertz CT molecular complexity index is 693. The van der Waals surface area contributed by atoms with Crippen LogP contribution in [0.25, 0.3) is 0 Å². The van der Waals surface area contributed by atoms with E-state index >= 15 is 0 Å². The highest BCUT2D eigenvalue weighted by atomic mass is 19.1. The topological polar surface area (TPSA) is 120 Å². The summed E-state index contributed by atoms with van der Waals surface area (Å²) >= 11 is 0. The number of Topliss-reactive ketones (excluding diaryl/α,β-unsaturated/α-hetero) is 1. The third-order valence-corrected chi connectivity index (χ3v) is 3.07. The Morgan fingerprint density at radius 2 is 1.84 bits per heavy atom. The van der Waals surface area contributed by atoms with E-state index in [9.17, 15) is 18.4 Å². The van der Waals surface area contributed by atoms with Crippen molar-refractivity contribution in [2.45, 2.75) is 6.92 Å². The second-order valence-electron chi connectivity index (χ2n) is 5.02. The fourth-order valence-electron chi connectivity index (χ4n) is 1.87. The Kier molecular flexibility index (Phi) is 7.67. The van der Waals surface area contributed by atoms with E-state index in [1.54, 1.807) is 7.05 Å². The molecule has 7 nitrogen and oxygen atoms in total. The third kappa shape index (κ3) is 5.64. The number of hydrogen-bond acceptors (Lipinski definition) is 6. The molecule has 0 saturated carbocycles. The molecule has 0 aliphatic rings. The first-order valence-corrected chi connectivity index (χ1v) is 7.35. The van der Waals surface area contributed by atoms with Crippen molar-refractivity contribution in [3.63, 3.8) is 0 Å². The fourth-order valence-corrected chi connectivity index (χ4v) is 1.87. The van der Waals surface area contributed by atoms with Crippen LogP contribution in [-0.2, 0) is 9.53 Å². The fraction of sp³-hybridized carbons (Fsp3) is 0.312. The quantitative estimate of drug-likeness (QED) is 0.156. The van der Waals surface area contributed by atoms with Gasteiger partial charge < -0.3 is 21.5 Å². The molecule has 0 saturated heterocycles. The number of ketones is 1. The van der Waals surface area contributed by atoms with Crippen LogP contribution in [0.5, 0.6) is 0 Å². The number of likely N-dealkylation sites (N-methyl/N-ethyl adjacent to an activating group) is 1. The first-order chi connectivity index (χ1) is 11.8. The summed E-state index contributed by atoms with van der Waals surface area (Å²) in [4.78, 5) is 27.9. The average molecular weight is 354 g/mol. The molecule has 0 bridgehead atoms. The van der Waals surface area contributed by atoms with Gasteiger partial charge in [0.1, 0.15) is 23.0 Å². The summed E-state index contributed by atoms with van der Waals surface area (Å²) in [5.74, 6) is -4.26. The number of halogens is 2. The monoisotopic (exact) mass is 354 g/mol. The molecular weight excluding hydrogens is 334 g/mol. The smallest absolute Gasteiger partial charge is 0.344 e. The highest BCUT2D eigenvalue weighted by Gasteiger charge is 2.22. The number of carbonyl (C=O) groups is 2. The molecule has 1 aromatic carbocycles. The zero-order valence-corrected chi connectivity index (χ0v) is 13.9. The van der Waals surface area contributed by atoms with Gasteiger partial charge in [-0.25, -0.2) is 13.6 Å². The number of nitrogens with two attached hydrogens (primary N) is 2. The third-order valence-electron chi connectivity index (χ3n) is 3.07. The SMILES string of the molecule is CNCCN=C(N)C(C(=O)OCC(=O)c1c(F)cccc1F)=C(C)N. The Hall–Kier alpha value is -2.81. The molecule has 5 N–H and O–H groups in total. The van der Waals surface area contributed by atoms with E-state index in [4.69, 9.17) is 16.2 Å². The van der Waals surface area contributed by atoms with E-state index in [1.165, 1.54) is 6.92 Å². The van der Waals surface area contributed by atoms with Crippen molar-refractivity contribution >= 4 is 17.6 Å². The summed E-state index contributed by atoms with van der Waals surface area (Å²) in [5.41, 5.74) is 10.4. The molecule has 0 atom stereocenters. The summed E-state index contributed by atoms with van der Waals surface area (Å²) < 4.78 is 31.9. The van der Waals surface area contributed by atoms with Gasteiger partial charge in [-0.3, -0.25) is 9.79 Å². The maximum absolute atomic E-state index is 13.5. The summed E-state index contributed by atoms with van der Waals surface area (Å²) in [5, 5.41) is 2.85. The van der Waals surface area contributed by atoms with Crippen molar-refractivity contribution in [3.05, 3.63) is 46.7 Å². The van der Waals surface area contributed by atoms with Crippen LogP contribution in [0.15, 0.2) is 34.5 Å². The zero-order chi connectivity index (χ0) is 19.0. The largest absolute Gasteiger partial charge is 0.454 e. The van der Waals surface area contributed by atoms with Crippen LogP contribution in [0.3, 0.4) is 0 Å². The van der Waals surface area contributed by atoms with Crippen LogP contribution in [0.2, 0.25) is 0 Å². The van der Waals surface area contributed by atoms with E-state index < -0.39 is 35.6 Å². The van der Waals surface area contributed by atoms with Crippen molar-refractivity contribution < 1.29 is 23.1 Å². The normalized spacial score (nSPS) is 12.6. The predicted octanol–water partition coefficient (Wildman–Crippen LogP) is 0.500. The first kappa shape index (κ1) is 20.2. The molecule has 0 radical (unpaired) electrons. The minimum atomic E-state index is -1.04. The summed E-state index contributed by atoms with van der Waals surface area (Å²) in [7, 11) is 1.72. The molecule has 1 rings (SSSR count). The highest BCUT2D eigenvalue weighted by Crippen LogP contribution is 2.13. The number of nitrogens with zero attached hydrogens (tertiary/aromatic N) is 1. The Morgan fingerprint density at radius 3 is 2.36 bits per heavy atom. The van der Waals surface area contributed by atoms with Crippen molar-refractivity contribution in [3.8, 4) is 0 Å². The minimum absolute atomic E-state index is 0.0419. The van der Waals surface area contributed by atoms with Gasteiger partial charge in [-0.15, -0.1) is 0 Å². The number of hydrogen-bond donors (Lipinski definition) is 3. The van der Waals surface area contributed by atoms with E-state index in [-0.39, 0.29) is 17.1 Å². The van der Waals surface area contributed by atoms with Crippen LogP contribution in [-0.4, -0.2) is 44.3 Å². The predicted molar refractivity (Wildman–Crippen MR) is 89.0 cm³/mol. The lowest BCUT2D eigenvalue weighted by Crippen LogP contribution is -2.28. The number of ether oxygens (including phenoxy) is 1. The molecule has 25 heavy (non-hydrogen) atoms. The van der Waals surface area contributed by atoms with Gasteiger partial charge in [-0.1, -0.05) is 6.07 Å². The molecule has 0 unspecified atom stereocenters. The molecular formula is C16H20F2N4O3. The number of rotatable bonds is 8. The molecule has 1 aromatic rings. The summed E-state index contributed by atoms with van der Waals surface area (Å²) in [6.45, 7) is 1.37. The summed E-state index contributed by atoms with van der Waals surface area (Å²) in [6.07, 6.45) is 0. The van der Waals surface area contributed by atoms with Gasteiger partial charge in [0.25, 0.3) is 0 Å². The Labute approximate surface area is 143 Å². The average Bonchev–Trinajstić information content (AvgIpc) is 2.52. The van der Waals surface area contributed by atoms with Crippen LogP contribution in [0.1, 0.15) is 17.3 Å². The molecule has 0 aromatic heterocycles. The second kappa shape index (κ2) is 9.48. The van der Waals surface area contributed by atoms with Crippen LogP contribution in [0, 0.1) is 11.6 Å². The lowest BCUT2D eigenvalue weighted by Gasteiger charge is -2.10. The maximum Gasteiger partial charge on any atom is 0.344 e. The summed E-state index contributed by atoms with van der Waals surface area (Å²) in [6, 6.07) is 2.98. The molecule has 136 valence electrons. The number of allylic oxidation sites excluding steroid dienone is 1. The number of amidine groups is 1. The molecule has 0 fully saturated rings.